The van der Waals surface area contributed by atoms with Crippen molar-refractivity contribution in [2.45, 2.75) is 111 Å². The molecule has 0 unspecified atom stereocenters. The number of unbranched alkanes of at least 4 members (excludes halogenated alkanes) is 2. The van der Waals surface area contributed by atoms with Gasteiger partial charge in [0.05, 0.1) is 11.0 Å². The zero-order valence-corrected chi connectivity index (χ0v) is 45.5. The summed E-state index contributed by atoms with van der Waals surface area (Å²) < 4.78 is 2.68. The van der Waals surface area contributed by atoms with E-state index in [1.165, 1.54) is 108 Å². The third kappa shape index (κ3) is 7.87. The van der Waals surface area contributed by atoms with E-state index in [9.17, 15) is 0 Å². The maximum absolute atomic E-state index is 2.81. The Kier molecular flexibility index (Phi) is 11.9. The zero-order valence-electron chi connectivity index (χ0n) is 45.5. The predicted molar refractivity (Wildman–Crippen MR) is 326 cm³/mol. The van der Waals surface area contributed by atoms with Gasteiger partial charge in [-0.1, -0.05) is 151 Å². The molecule has 0 saturated heterocycles. The second-order valence-electron chi connectivity index (χ2n) is 23.3. The van der Waals surface area contributed by atoms with E-state index in [-0.39, 0.29) is 17.7 Å². The second kappa shape index (κ2) is 18.8. The first-order valence-corrected chi connectivity index (χ1v) is 28.2. The van der Waals surface area contributed by atoms with Gasteiger partial charge in [0.25, 0.3) is 0 Å². The molecule has 0 amide bonds. The van der Waals surface area contributed by atoms with Crippen molar-refractivity contribution in [3.05, 3.63) is 222 Å². The Morgan fingerprint density at radius 2 is 0.987 bits per heavy atom. The molecule has 4 nitrogen and oxygen atoms in total. The predicted octanol–water partition coefficient (Wildman–Crippen LogP) is 18.3. The molecule has 9 aromatic carbocycles. The molecule has 376 valence electrons. The normalized spacial score (nSPS) is 14.6. The molecule has 0 N–H and O–H groups in total. The van der Waals surface area contributed by atoms with Gasteiger partial charge in [-0.05, 0) is 198 Å². The van der Waals surface area contributed by atoms with Crippen LogP contribution in [0.4, 0.5) is 45.5 Å². The lowest BCUT2D eigenvalue weighted by Gasteiger charge is -2.46. The first kappa shape index (κ1) is 47.9. The Bertz CT molecular complexity index is 3740. The summed E-state index contributed by atoms with van der Waals surface area (Å²) in [6.07, 6.45) is 9.10. The van der Waals surface area contributed by atoms with E-state index in [2.05, 4.69) is 262 Å². The van der Waals surface area contributed by atoms with E-state index in [1.54, 1.807) is 0 Å². The van der Waals surface area contributed by atoms with Gasteiger partial charge >= 0.3 is 6.85 Å². The van der Waals surface area contributed by atoms with Crippen molar-refractivity contribution in [3.8, 4) is 16.8 Å². The first-order chi connectivity index (χ1) is 37.0. The largest absolute Gasteiger partial charge is 0.376 e. The van der Waals surface area contributed by atoms with Crippen LogP contribution in [0, 0.1) is 6.92 Å². The van der Waals surface area contributed by atoms with Crippen LogP contribution in [0.2, 0.25) is 0 Å². The average molecular weight is 989 g/mol. The summed E-state index contributed by atoms with van der Waals surface area (Å²) in [6, 6.07) is 73.9. The molecule has 1 aliphatic carbocycles. The van der Waals surface area contributed by atoms with Crippen LogP contribution in [-0.4, -0.2) is 11.4 Å². The molecule has 0 atom stereocenters. The Morgan fingerprint density at radius 1 is 0.461 bits per heavy atom. The third-order valence-corrected chi connectivity index (χ3v) is 17.4. The van der Waals surface area contributed by atoms with Gasteiger partial charge in [0.15, 0.2) is 0 Å². The molecular weight excluding hydrogens is 920 g/mol. The lowest BCUT2D eigenvalue weighted by atomic mass is 9.43. The highest BCUT2D eigenvalue weighted by Crippen LogP contribution is 2.53. The second-order valence-corrected chi connectivity index (χ2v) is 23.3. The minimum absolute atomic E-state index is 0.0172. The molecule has 10 aromatic rings. The summed E-state index contributed by atoms with van der Waals surface area (Å²) >= 11 is 0. The maximum atomic E-state index is 2.81. The van der Waals surface area contributed by atoms with Crippen molar-refractivity contribution >= 4 is 85.1 Å². The van der Waals surface area contributed by atoms with Crippen LogP contribution in [0.25, 0.3) is 38.6 Å². The molecule has 2 aliphatic heterocycles. The van der Waals surface area contributed by atoms with Crippen molar-refractivity contribution in [2.24, 2.45) is 0 Å². The molecule has 3 heterocycles. The number of fused-ring (bicyclic) bond motifs is 8. The smallest absolute Gasteiger partial charge is 0.333 e. The number of para-hydroxylation sites is 4. The van der Waals surface area contributed by atoms with Gasteiger partial charge in [-0.3, -0.25) is 0 Å². The van der Waals surface area contributed by atoms with E-state index >= 15 is 0 Å². The van der Waals surface area contributed by atoms with Crippen LogP contribution >= 0.6 is 0 Å². The van der Waals surface area contributed by atoms with Gasteiger partial charge in [0.2, 0.25) is 0 Å². The lowest BCUT2D eigenvalue weighted by molar-refractivity contribution is 0.332. The molecule has 0 bridgehead atoms. The monoisotopic (exact) mass is 989 g/mol. The minimum Gasteiger partial charge on any atom is -0.376 e. The number of aromatic nitrogens is 1. The molecule has 0 spiro atoms. The van der Waals surface area contributed by atoms with Crippen molar-refractivity contribution in [2.75, 3.05) is 14.6 Å². The fourth-order valence-corrected chi connectivity index (χ4v) is 13.3. The van der Waals surface area contributed by atoms with E-state index < -0.39 is 0 Å². The number of nitrogens with zero attached hydrogens (tertiary/aromatic N) is 4. The number of hydrogen-bond donors (Lipinski definition) is 0. The quantitative estimate of drug-likeness (QED) is 0.107. The Labute approximate surface area is 451 Å². The van der Waals surface area contributed by atoms with Crippen molar-refractivity contribution in [1.29, 1.82) is 0 Å². The highest BCUT2D eigenvalue weighted by molar-refractivity contribution is 6.93. The Balaban J connectivity index is 1.18. The van der Waals surface area contributed by atoms with Crippen molar-refractivity contribution in [1.82, 2.24) is 4.57 Å². The summed E-state index contributed by atoms with van der Waals surface area (Å²) in [5.74, 6) is 0. The van der Waals surface area contributed by atoms with Crippen LogP contribution in [-0.2, 0) is 23.7 Å². The highest BCUT2D eigenvalue weighted by atomic mass is 15.2. The lowest BCUT2D eigenvalue weighted by Crippen LogP contribution is -2.61. The van der Waals surface area contributed by atoms with Crippen LogP contribution < -0.4 is 25.5 Å². The van der Waals surface area contributed by atoms with E-state index in [4.69, 9.17) is 0 Å². The molecule has 13 rings (SSSR count). The van der Waals surface area contributed by atoms with Gasteiger partial charge in [0, 0.05) is 67.5 Å². The standard InChI is InChI=1S/C71H69BN4/c1-8-10-24-49-34-37-64-58(41-49)60-42-50(25-11-9-2)43-63-69(60)75(64)67-46-56(74(53-30-20-14-21-31-53)54-32-22-15-23-33-54)44-59-57-36-35-55(73(51-26-16-12-17-27-51)52-28-18-13-19-29-52)45-66(57)76(72(63)68(59)67)65-47-62-61(40-48(65)3)70(4,5)38-39-71(62,6)7/h12-23,26-37,40-47H,8-11,24-25,38-39H2,1-7H3. The molecule has 3 aliphatic rings. The summed E-state index contributed by atoms with van der Waals surface area (Å²) in [5, 5.41) is 2.71. The zero-order chi connectivity index (χ0) is 51.9. The number of benzene rings is 9. The Morgan fingerprint density at radius 3 is 1.57 bits per heavy atom. The SMILES string of the molecule is CCCCc1ccc2c(c1)c1cc(CCCC)cc3c1n2-c1cc(N(c2ccccc2)c2ccccc2)cc2c1B3N(c1cc3c(cc1C)C(C)(C)CCC3(C)C)c1cc(N(c3ccccc3)c3ccccc3)ccc1-2. The van der Waals surface area contributed by atoms with E-state index in [0.717, 1.165) is 66.2 Å². The Hall–Kier alpha value is -7.76. The molecule has 5 heteroatoms. The van der Waals surface area contributed by atoms with Gasteiger partial charge in [-0.2, -0.15) is 0 Å². The van der Waals surface area contributed by atoms with E-state index in [0.29, 0.717) is 0 Å². The summed E-state index contributed by atoms with van der Waals surface area (Å²) in [5.41, 5.74) is 25.6. The number of rotatable bonds is 13. The summed E-state index contributed by atoms with van der Waals surface area (Å²) in [4.78, 5) is 7.71. The number of aryl methyl sites for hydroxylation is 3. The fraction of sp³-hybridized carbons (Fsp3) is 0.239. The van der Waals surface area contributed by atoms with Gasteiger partial charge in [0.1, 0.15) is 0 Å². The third-order valence-electron chi connectivity index (χ3n) is 17.4. The molecular formula is C71H69BN4. The van der Waals surface area contributed by atoms with Crippen LogP contribution in [0.3, 0.4) is 0 Å². The van der Waals surface area contributed by atoms with Gasteiger partial charge in [-0.15, -0.1) is 0 Å². The molecule has 0 saturated carbocycles. The molecule has 0 radical (unpaired) electrons. The summed E-state index contributed by atoms with van der Waals surface area (Å²) in [6.45, 7) is 16.8. The number of anilines is 8. The van der Waals surface area contributed by atoms with Crippen molar-refractivity contribution in [3.63, 3.8) is 0 Å². The summed E-state index contributed by atoms with van der Waals surface area (Å²) in [7, 11) is 0. The van der Waals surface area contributed by atoms with E-state index in [1.807, 2.05) is 0 Å². The fourth-order valence-electron chi connectivity index (χ4n) is 13.3. The van der Waals surface area contributed by atoms with Crippen molar-refractivity contribution < 1.29 is 0 Å². The molecule has 76 heavy (non-hydrogen) atoms. The first-order valence-electron chi connectivity index (χ1n) is 28.2. The van der Waals surface area contributed by atoms with Crippen LogP contribution in [0.1, 0.15) is 108 Å². The number of hydrogen-bond acceptors (Lipinski definition) is 3. The maximum Gasteiger partial charge on any atom is 0.333 e. The topological polar surface area (TPSA) is 14.7 Å². The van der Waals surface area contributed by atoms with Gasteiger partial charge < -0.3 is 19.2 Å². The van der Waals surface area contributed by atoms with Gasteiger partial charge in [-0.25, -0.2) is 0 Å². The molecule has 0 fully saturated rings. The molecule has 1 aromatic heterocycles. The minimum atomic E-state index is -0.137. The average Bonchev–Trinajstić information content (AvgIpc) is 3.97. The highest BCUT2D eigenvalue weighted by Gasteiger charge is 2.46. The van der Waals surface area contributed by atoms with Crippen LogP contribution in [0.15, 0.2) is 194 Å². The van der Waals surface area contributed by atoms with Crippen LogP contribution in [0.5, 0.6) is 0 Å².